The number of aromatic hydroxyl groups is 1. The van der Waals surface area contributed by atoms with E-state index >= 15 is 0 Å². The van der Waals surface area contributed by atoms with Gasteiger partial charge in [-0.15, -0.1) is 0 Å². The molecule has 22 heavy (non-hydrogen) atoms. The number of carbonyl (C=O) groups is 1. The third-order valence-corrected chi connectivity index (χ3v) is 4.06. The van der Waals surface area contributed by atoms with Gasteiger partial charge < -0.3 is 15.2 Å². The van der Waals surface area contributed by atoms with Crippen LogP contribution >= 0.6 is 24.0 Å². The quantitative estimate of drug-likeness (QED) is 0.664. The van der Waals surface area contributed by atoms with Crippen LogP contribution in [0.2, 0.25) is 0 Å². The lowest BCUT2D eigenvalue weighted by Crippen LogP contribution is -2.17. The predicted octanol–water partition coefficient (Wildman–Crippen LogP) is 3.67. The van der Waals surface area contributed by atoms with E-state index in [2.05, 4.69) is 5.32 Å². The molecule has 0 radical (unpaired) electrons. The molecular formula is C16H11NO3S2. The van der Waals surface area contributed by atoms with Gasteiger partial charge in [0, 0.05) is 11.6 Å². The van der Waals surface area contributed by atoms with Crippen LogP contribution in [0.1, 0.15) is 5.56 Å². The first-order valence-electron chi connectivity index (χ1n) is 6.42. The minimum absolute atomic E-state index is 0.129. The number of thioether (sulfide) groups is 1. The number of benzene rings is 2. The second-order valence-electron chi connectivity index (χ2n) is 4.49. The van der Waals surface area contributed by atoms with Gasteiger partial charge in [-0.05, 0) is 24.3 Å². The Hall–Kier alpha value is -2.31. The standard InChI is InChI=1S/C16H11NO3S2/c18-11-5-3-6-12(9-11)20-13-7-2-1-4-10(13)8-14-15(19)17-16(21)22-14/h1-9,18H,(H,17,19,21)/b14-8-. The topological polar surface area (TPSA) is 58.6 Å². The van der Waals surface area contributed by atoms with Gasteiger partial charge in [-0.25, -0.2) is 0 Å². The van der Waals surface area contributed by atoms with Crippen molar-refractivity contribution in [3.05, 3.63) is 59.0 Å². The highest BCUT2D eigenvalue weighted by Gasteiger charge is 2.22. The molecule has 0 unspecified atom stereocenters. The molecule has 2 N–H and O–H groups in total. The number of hydrogen-bond acceptors (Lipinski definition) is 5. The third kappa shape index (κ3) is 3.29. The normalized spacial score (nSPS) is 15.9. The van der Waals surface area contributed by atoms with E-state index in [4.69, 9.17) is 17.0 Å². The van der Waals surface area contributed by atoms with Crippen molar-refractivity contribution in [2.75, 3.05) is 0 Å². The van der Waals surface area contributed by atoms with E-state index in [0.29, 0.717) is 20.7 Å². The van der Waals surface area contributed by atoms with Crippen molar-refractivity contribution in [3.63, 3.8) is 0 Å². The molecule has 110 valence electrons. The van der Waals surface area contributed by atoms with Crippen molar-refractivity contribution < 1.29 is 14.6 Å². The molecule has 0 bridgehead atoms. The second kappa shape index (κ2) is 6.21. The summed E-state index contributed by atoms with van der Waals surface area (Å²) in [4.78, 5) is 12.3. The molecule has 6 heteroatoms. The first-order chi connectivity index (χ1) is 10.6. The number of thiocarbonyl (C=S) groups is 1. The molecule has 0 aliphatic carbocycles. The lowest BCUT2D eigenvalue weighted by molar-refractivity contribution is -0.115. The lowest BCUT2D eigenvalue weighted by Gasteiger charge is -2.09. The van der Waals surface area contributed by atoms with Gasteiger partial charge in [-0.3, -0.25) is 4.79 Å². The van der Waals surface area contributed by atoms with Crippen LogP contribution in [0.25, 0.3) is 6.08 Å². The minimum atomic E-state index is -0.206. The molecule has 2 aromatic rings. The summed E-state index contributed by atoms with van der Waals surface area (Å²) in [6, 6.07) is 13.9. The molecule has 1 amide bonds. The van der Waals surface area contributed by atoms with Crippen molar-refractivity contribution in [3.8, 4) is 17.2 Å². The monoisotopic (exact) mass is 329 g/mol. The summed E-state index contributed by atoms with van der Waals surface area (Å²) < 4.78 is 6.23. The predicted molar refractivity (Wildman–Crippen MR) is 90.9 cm³/mol. The molecule has 1 aliphatic rings. The first-order valence-corrected chi connectivity index (χ1v) is 7.65. The zero-order valence-electron chi connectivity index (χ0n) is 11.3. The van der Waals surface area contributed by atoms with Crippen LogP contribution < -0.4 is 10.1 Å². The molecule has 3 rings (SSSR count). The summed E-state index contributed by atoms with van der Waals surface area (Å²) >= 11 is 6.19. The largest absolute Gasteiger partial charge is 0.508 e. The zero-order valence-corrected chi connectivity index (χ0v) is 12.9. The molecule has 2 aromatic carbocycles. The van der Waals surface area contributed by atoms with Crippen molar-refractivity contribution in [1.82, 2.24) is 5.32 Å². The van der Waals surface area contributed by atoms with E-state index in [1.165, 1.54) is 17.8 Å². The maximum absolute atomic E-state index is 11.7. The summed E-state index contributed by atoms with van der Waals surface area (Å²) in [6.45, 7) is 0. The van der Waals surface area contributed by atoms with Gasteiger partial charge in [0.1, 0.15) is 21.6 Å². The summed E-state index contributed by atoms with van der Waals surface area (Å²) in [5.74, 6) is 1.03. The number of ether oxygens (including phenoxy) is 1. The van der Waals surface area contributed by atoms with Gasteiger partial charge in [0.05, 0.1) is 4.91 Å². The Morgan fingerprint density at radius 3 is 2.73 bits per heavy atom. The molecule has 1 fully saturated rings. The number of carbonyl (C=O) groups excluding carboxylic acids is 1. The number of hydrogen-bond donors (Lipinski definition) is 2. The number of rotatable bonds is 3. The van der Waals surface area contributed by atoms with Gasteiger partial charge in [0.2, 0.25) is 0 Å². The Bertz CT molecular complexity index is 786. The SMILES string of the molecule is O=C1NC(=S)S/C1=C\c1ccccc1Oc1cccc(O)c1. The number of phenolic OH excluding ortho intramolecular Hbond substituents is 1. The number of nitrogens with one attached hydrogen (secondary N) is 1. The van der Waals surface area contributed by atoms with Gasteiger partial charge >= 0.3 is 0 Å². The molecule has 1 heterocycles. The molecule has 0 aromatic heterocycles. The van der Waals surface area contributed by atoms with Crippen LogP contribution in [0, 0.1) is 0 Å². The molecule has 1 saturated heterocycles. The highest BCUT2D eigenvalue weighted by atomic mass is 32.2. The molecule has 1 aliphatic heterocycles. The molecule has 0 spiro atoms. The van der Waals surface area contributed by atoms with E-state index < -0.39 is 0 Å². The fourth-order valence-electron chi connectivity index (χ4n) is 1.93. The summed E-state index contributed by atoms with van der Waals surface area (Å²) in [7, 11) is 0. The van der Waals surface area contributed by atoms with Crippen LogP contribution in [0.4, 0.5) is 0 Å². The maximum atomic E-state index is 11.7. The Morgan fingerprint density at radius 2 is 2.00 bits per heavy atom. The summed E-state index contributed by atoms with van der Waals surface area (Å²) in [5.41, 5.74) is 0.758. The highest BCUT2D eigenvalue weighted by Crippen LogP contribution is 2.32. The highest BCUT2D eigenvalue weighted by molar-refractivity contribution is 8.26. The molecular weight excluding hydrogens is 318 g/mol. The van der Waals surface area contributed by atoms with Crippen LogP contribution in [0.15, 0.2) is 53.4 Å². The van der Waals surface area contributed by atoms with E-state index in [9.17, 15) is 9.90 Å². The van der Waals surface area contributed by atoms with E-state index in [-0.39, 0.29) is 11.7 Å². The van der Waals surface area contributed by atoms with Gasteiger partial charge in [0.15, 0.2) is 0 Å². The van der Waals surface area contributed by atoms with Crippen molar-refractivity contribution in [1.29, 1.82) is 0 Å². The van der Waals surface area contributed by atoms with Gasteiger partial charge in [0.25, 0.3) is 5.91 Å². The van der Waals surface area contributed by atoms with Crippen LogP contribution in [0.3, 0.4) is 0 Å². The maximum Gasteiger partial charge on any atom is 0.263 e. The van der Waals surface area contributed by atoms with Gasteiger partial charge in [-0.1, -0.05) is 48.2 Å². The van der Waals surface area contributed by atoms with E-state index in [1.54, 1.807) is 30.3 Å². The van der Waals surface area contributed by atoms with Gasteiger partial charge in [-0.2, -0.15) is 0 Å². The average Bonchev–Trinajstić information content (AvgIpc) is 2.79. The van der Waals surface area contributed by atoms with E-state index in [1.807, 2.05) is 18.2 Å². The van der Waals surface area contributed by atoms with Crippen LogP contribution in [0.5, 0.6) is 17.2 Å². The number of phenols is 1. The zero-order chi connectivity index (χ0) is 15.5. The van der Waals surface area contributed by atoms with Crippen molar-refractivity contribution >= 4 is 40.3 Å². The fourth-order valence-corrected chi connectivity index (χ4v) is 2.96. The smallest absolute Gasteiger partial charge is 0.263 e. The Morgan fingerprint density at radius 1 is 1.18 bits per heavy atom. The second-order valence-corrected chi connectivity index (χ2v) is 6.21. The van der Waals surface area contributed by atoms with Crippen LogP contribution in [-0.4, -0.2) is 15.3 Å². The minimum Gasteiger partial charge on any atom is -0.508 e. The molecule has 0 saturated carbocycles. The number of amides is 1. The fraction of sp³-hybridized carbons (Fsp3) is 0. The Kier molecular flexibility index (Phi) is 4.13. The number of para-hydroxylation sites is 1. The summed E-state index contributed by atoms with van der Waals surface area (Å²) in [5, 5.41) is 12.1. The van der Waals surface area contributed by atoms with Crippen LogP contribution in [-0.2, 0) is 4.79 Å². The molecule has 0 atom stereocenters. The summed E-state index contributed by atoms with van der Waals surface area (Å²) in [6.07, 6.45) is 1.73. The van der Waals surface area contributed by atoms with Crippen molar-refractivity contribution in [2.45, 2.75) is 0 Å². The Labute approximate surface area is 136 Å². The van der Waals surface area contributed by atoms with E-state index in [0.717, 1.165) is 5.56 Å². The average molecular weight is 329 g/mol. The lowest BCUT2D eigenvalue weighted by atomic mass is 10.2. The Balaban J connectivity index is 1.92. The first kappa shape index (κ1) is 14.6. The third-order valence-electron chi connectivity index (χ3n) is 2.89. The molecule has 4 nitrogen and oxygen atoms in total. The van der Waals surface area contributed by atoms with Crippen molar-refractivity contribution in [2.24, 2.45) is 0 Å².